The van der Waals surface area contributed by atoms with Gasteiger partial charge in [-0.2, -0.15) is 0 Å². The van der Waals surface area contributed by atoms with Gasteiger partial charge in [0.05, 0.1) is 0 Å². The summed E-state index contributed by atoms with van der Waals surface area (Å²) in [5.41, 5.74) is 2.91. The summed E-state index contributed by atoms with van der Waals surface area (Å²) in [7, 11) is 2.03. The van der Waals surface area contributed by atoms with Gasteiger partial charge in [-0.25, -0.2) is 0 Å². The Labute approximate surface area is 80.2 Å². The molecular weight excluding hydrogens is 158 g/mol. The third-order valence-electron chi connectivity index (χ3n) is 2.86. The topological polar surface area (TPSA) is 12.0 Å². The molecule has 0 spiro atoms. The van der Waals surface area contributed by atoms with Crippen LogP contribution in [-0.2, 0) is 0 Å². The molecule has 1 saturated carbocycles. The molecule has 2 atom stereocenters. The highest BCUT2D eigenvalue weighted by Crippen LogP contribution is 2.46. The van der Waals surface area contributed by atoms with Crippen LogP contribution < -0.4 is 5.32 Å². The minimum absolute atomic E-state index is 0.826. The average Bonchev–Trinajstić information content (AvgIpc) is 2.85. The van der Waals surface area contributed by atoms with Crippen LogP contribution in [-0.4, -0.2) is 13.6 Å². The van der Waals surface area contributed by atoms with Crippen LogP contribution in [0.3, 0.4) is 0 Å². The van der Waals surface area contributed by atoms with Crippen molar-refractivity contribution in [3.05, 3.63) is 35.4 Å². The first-order chi connectivity index (χ1) is 6.31. The van der Waals surface area contributed by atoms with Crippen LogP contribution in [0.1, 0.15) is 23.5 Å². The van der Waals surface area contributed by atoms with Gasteiger partial charge in [-0.15, -0.1) is 0 Å². The first-order valence-corrected chi connectivity index (χ1v) is 5.02. The minimum Gasteiger partial charge on any atom is -0.319 e. The van der Waals surface area contributed by atoms with E-state index < -0.39 is 0 Å². The van der Waals surface area contributed by atoms with E-state index in [-0.39, 0.29) is 0 Å². The van der Waals surface area contributed by atoms with Crippen LogP contribution in [0.25, 0.3) is 0 Å². The molecule has 1 aliphatic rings. The van der Waals surface area contributed by atoms with Crippen LogP contribution in [0.4, 0.5) is 0 Å². The van der Waals surface area contributed by atoms with Gasteiger partial charge in [0.25, 0.3) is 0 Å². The Hall–Kier alpha value is -0.820. The van der Waals surface area contributed by atoms with Gasteiger partial charge in [-0.05, 0) is 44.3 Å². The van der Waals surface area contributed by atoms with E-state index in [1.165, 1.54) is 24.1 Å². The van der Waals surface area contributed by atoms with Crippen molar-refractivity contribution in [3.63, 3.8) is 0 Å². The Morgan fingerprint density at radius 1 is 1.46 bits per heavy atom. The molecule has 2 rings (SSSR count). The second-order valence-corrected chi connectivity index (χ2v) is 4.07. The number of nitrogens with one attached hydrogen (secondary N) is 1. The Morgan fingerprint density at radius 3 is 3.00 bits per heavy atom. The number of aryl methyl sites for hydroxylation is 1. The lowest BCUT2D eigenvalue weighted by Gasteiger charge is -2.01. The van der Waals surface area contributed by atoms with Gasteiger partial charge in [0.15, 0.2) is 0 Å². The first-order valence-electron chi connectivity index (χ1n) is 5.02. The highest BCUT2D eigenvalue weighted by atomic mass is 14.8. The summed E-state index contributed by atoms with van der Waals surface area (Å²) >= 11 is 0. The van der Waals surface area contributed by atoms with E-state index in [2.05, 4.69) is 36.5 Å². The molecule has 1 N–H and O–H groups in total. The fraction of sp³-hybridized carbons (Fsp3) is 0.500. The monoisotopic (exact) mass is 175 g/mol. The first kappa shape index (κ1) is 8.76. The summed E-state index contributed by atoms with van der Waals surface area (Å²) in [4.78, 5) is 0. The zero-order valence-corrected chi connectivity index (χ0v) is 8.38. The fourth-order valence-corrected chi connectivity index (χ4v) is 2.04. The maximum Gasteiger partial charge on any atom is -0.00175 e. The van der Waals surface area contributed by atoms with E-state index in [1.54, 1.807) is 0 Å². The van der Waals surface area contributed by atoms with Crippen molar-refractivity contribution in [2.24, 2.45) is 5.92 Å². The van der Waals surface area contributed by atoms with Crippen molar-refractivity contribution in [2.75, 3.05) is 13.6 Å². The lowest BCUT2D eigenvalue weighted by atomic mass is 10.1. The van der Waals surface area contributed by atoms with Crippen molar-refractivity contribution < 1.29 is 0 Å². The number of rotatable bonds is 3. The molecule has 0 aliphatic heterocycles. The van der Waals surface area contributed by atoms with Gasteiger partial charge in [-0.1, -0.05) is 29.8 Å². The van der Waals surface area contributed by atoms with Crippen LogP contribution in [0.5, 0.6) is 0 Å². The van der Waals surface area contributed by atoms with Gasteiger partial charge in [0.2, 0.25) is 0 Å². The van der Waals surface area contributed by atoms with Gasteiger partial charge in [-0.3, -0.25) is 0 Å². The van der Waals surface area contributed by atoms with E-state index in [1.807, 2.05) is 7.05 Å². The summed E-state index contributed by atoms with van der Waals surface area (Å²) in [6.45, 7) is 3.33. The summed E-state index contributed by atoms with van der Waals surface area (Å²) in [5.74, 6) is 1.71. The van der Waals surface area contributed by atoms with E-state index in [0.717, 1.165) is 11.8 Å². The molecule has 0 radical (unpaired) electrons. The summed E-state index contributed by atoms with van der Waals surface area (Å²) < 4.78 is 0. The number of hydrogen-bond donors (Lipinski definition) is 1. The fourth-order valence-electron chi connectivity index (χ4n) is 2.04. The van der Waals surface area contributed by atoms with Gasteiger partial charge in [0, 0.05) is 0 Å². The molecule has 1 aromatic rings. The Bertz CT molecular complexity index is 293. The van der Waals surface area contributed by atoms with Crippen molar-refractivity contribution >= 4 is 0 Å². The number of hydrogen-bond acceptors (Lipinski definition) is 1. The van der Waals surface area contributed by atoms with Gasteiger partial charge >= 0.3 is 0 Å². The molecule has 1 nitrogen and oxygen atoms in total. The highest BCUT2D eigenvalue weighted by Gasteiger charge is 2.37. The number of benzene rings is 1. The molecule has 0 saturated heterocycles. The van der Waals surface area contributed by atoms with Crippen molar-refractivity contribution in [2.45, 2.75) is 19.3 Å². The molecule has 0 aromatic heterocycles. The van der Waals surface area contributed by atoms with Crippen LogP contribution in [0, 0.1) is 12.8 Å². The molecule has 0 heterocycles. The molecule has 70 valence electrons. The van der Waals surface area contributed by atoms with Crippen molar-refractivity contribution in [1.82, 2.24) is 5.32 Å². The van der Waals surface area contributed by atoms with Crippen molar-refractivity contribution in [1.29, 1.82) is 0 Å². The molecule has 1 fully saturated rings. The maximum atomic E-state index is 3.24. The Kier molecular flexibility index (Phi) is 2.36. The normalized spacial score (nSPS) is 26.0. The zero-order chi connectivity index (χ0) is 9.26. The second-order valence-electron chi connectivity index (χ2n) is 4.07. The quantitative estimate of drug-likeness (QED) is 0.743. The van der Waals surface area contributed by atoms with Crippen LogP contribution in [0.15, 0.2) is 24.3 Å². The SMILES string of the molecule is CNC[C@H]1C[C@@H]1c1cccc(C)c1. The van der Waals surface area contributed by atoms with Crippen molar-refractivity contribution in [3.8, 4) is 0 Å². The molecule has 1 aromatic carbocycles. The van der Waals surface area contributed by atoms with Crippen LogP contribution >= 0.6 is 0 Å². The highest BCUT2D eigenvalue weighted by molar-refractivity contribution is 5.29. The molecule has 0 unspecified atom stereocenters. The van der Waals surface area contributed by atoms with E-state index in [9.17, 15) is 0 Å². The van der Waals surface area contributed by atoms with Gasteiger partial charge < -0.3 is 5.32 Å². The molecule has 1 aliphatic carbocycles. The lowest BCUT2D eigenvalue weighted by molar-refractivity contribution is 0.698. The Balaban J connectivity index is 2.03. The minimum atomic E-state index is 0.826. The summed E-state index contributed by atoms with van der Waals surface area (Å²) in [6, 6.07) is 8.91. The predicted octanol–water partition coefficient (Wildman–Crippen LogP) is 2.32. The van der Waals surface area contributed by atoms with E-state index in [0.29, 0.717) is 0 Å². The molecule has 0 bridgehead atoms. The van der Waals surface area contributed by atoms with E-state index in [4.69, 9.17) is 0 Å². The second kappa shape index (κ2) is 3.51. The molecule has 13 heavy (non-hydrogen) atoms. The summed E-state index contributed by atoms with van der Waals surface area (Å²) in [6.07, 6.45) is 1.37. The molecule has 1 heteroatoms. The maximum absolute atomic E-state index is 3.24. The third kappa shape index (κ3) is 1.92. The zero-order valence-electron chi connectivity index (χ0n) is 8.38. The lowest BCUT2D eigenvalue weighted by Crippen LogP contribution is -2.10. The predicted molar refractivity (Wildman–Crippen MR) is 56.0 cm³/mol. The smallest absolute Gasteiger partial charge is 0.00175 e. The third-order valence-corrected chi connectivity index (χ3v) is 2.86. The van der Waals surface area contributed by atoms with Crippen LogP contribution in [0.2, 0.25) is 0 Å². The summed E-state index contributed by atoms with van der Waals surface area (Å²) in [5, 5.41) is 3.24. The van der Waals surface area contributed by atoms with Gasteiger partial charge in [0.1, 0.15) is 0 Å². The standard InChI is InChI=1S/C12H17N/c1-9-4-3-5-10(6-9)12-7-11(12)8-13-2/h3-6,11-13H,7-8H2,1-2H3/t11-,12-/m1/s1. The Morgan fingerprint density at radius 2 is 2.31 bits per heavy atom. The average molecular weight is 175 g/mol. The molecular formula is C12H17N. The van der Waals surface area contributed by atoms with E-state index >= 15 is 0 Å². The molecule has 0 amide bonds. The largest absolute Gasteiger partial charge is 0.319 e.